The van der Waals surface area contributed by atoms with Gasteiger partial charge in [0.25, 0.3) is 0 Å². The number of oxime groups is 1. The molecule has 0 heterocycles. The van der Waals surface area contributed by atoms with Gasteiger partial charge in [0, 0.05) is 5.56 Å². The number of halogens is 3. The zero-order chi connectivity index (χ0) is 20.2. The maximum Gasteiger partial charge on any atom is 0.171 e. The van der Waals surface area contributed by atoms with Crippen molar-refractivity contribution >= 4 is 28.9 Å². The summed E-state index contributed by atoms with van der Waals surface area (Å²) in [5, 5.41) is 3.88. The van der Waals surface area contributed by atoms with Gasteiger partial charge >= 0.3 is 0 Å². The Bertz CT molecular complexity index is 655. The first-order valence-corrected chi connectivity index (χ1v) is 9.90. The molecule has 0 aromatic heterocycles. The van der Waals surface area contributed by atoms with E-state index in [1.807, 2.05) is 27.7 Å². The molecule has 7 heteroatoms. The Morgan fingerprint density at radius 1 is 1.11 bits per heavy atom. The Balaban J connectivity index is 2.76. The average molecular weight is 420 g/mol. The third-order valence-electron chi connectivity index (χ3n) is 3.69. The summed E-state index contributed by atoms with van der Waals surface area (Å²) in [5.41, 5.74) is 2.31. The van der Waals surface area contributed by atoms with Crippen LogP contribution in [0.2, 0.25) is 0 Å². The van der Waals surface area contributed by atoms with E-state index in [1.165, 1.54) is 6.08 Å². The largest absolute Gasteiger partial charge is 0.493 e. The topological polar surface area (TPSA) is 40.0 Å². The minimum absolute atomic E-state index is 0.0885. The second-order valence-electron chi connectivity index (χ2n) is 6.09. The molecule has 27 heavy (non-hydrogen) atoms. The molecule has 0 atom stereocenters. The number of aryl methyl sites for hydroxylation is 1. The molecule has 0 fully saturated rings. The van der Waals surface area contributed by atoms with Gasteiger partial charge in [-0.25, -0.2) is 4.39 Å². The van der Waals surface area contributed by atoms with Crippen LogP contribution < -0.4 is 9.47 Å². The van der Waals surface area contributed by atoms with Gasteiger partial charge in [0.05, 0.1) is 12.3 Å². The third kappa shape index (κ3) is 8.39. The van der Waals surface area contributed by atoms with Gasteiger partial charge in [-0.1, -0.05) is 42.2 Å². The average Bonchev–Trinajstić information content (AvgIpc) is 2.62. The van der Waals surface area contributed by atoms with Crippen molar-refractivity contribution in [2.45, 2.75) is 53.4 Å². The second-order valence-corrected chi connectivity index (χ2v) is 7.10. The Morgan fingerprint density at radius 3 is 2.41 bits per heavy atom. The fourth-order valence-electron chi connectivity index (χ4n) is 2.40. The molecule has 0 saturated carbocycles. The van der Waals surface area contributed by atoms with Crippen molar-refractivity contribution in [3.05, 3.63) is 33.6 Å². The van der Waals surface area contributed by atoms with E-state index in [-0.39, 0.29) is 16.8 Å². The second kappa shape index (κ2) is 12.8. The van der Waals surface area contributed by atoms with Crippen LogP contribution in [-0.4, -0.2) is 25.5 Å². The number of hydrogen-bond acceptors (Lipinski definition) is 4. The lowest BCUT2D eigenvalue weighted by atomic mass is 10.0. The lowest BCUT2D eigenvalue weighted by Crippen LogP contribution is -2.08. The van der Waals surface area contributed by atoms with Crippen LogP contribution in [0.25, 0.3) is 0 Å². The summed E-state index contributed by atoms with van der Waals surface area (Å²) in [6.45, 7) is 8.77. The lowest BCUT2D eigenvalue weighted by molar-refractivity contribution is 0.135. The molecule has 0 aliphatic heterocycles. The standard InChI is InChI=1S/C20H28Cl2FNO3/c1-5-15-13-17(25-12-9-18(21)22)19(23)16(6-2)20(15)26-10-7-8-11-27-24-14(3)4/h9,13H,5-8,10-12H2,1-4H3. The molecule has 0 saturated heterocycles. The molecule has 1 rings (SSSR count). The Morgan fingerprint density at radius 2 is 1.81 bits per heavy atom. The minimum Gasteiger partial charge on any atom is -0.493 e. The van der Waals surface area contributed by atoms with Crippen molar-refractivity contribution in [3.63, 3.8) is 0 Å². The molecule has 0 radical (unpaired) electrons. The monoisotopic (exact) mass is 419 g/mol. The maximum absolute atomic E-state index is 14.8. The van der Waals surface area contributed by atoms with Gasteiger partial charge in [0.15, 0.2) is 11.6 Å². The summed E-state index contributed by atoms with van der Waals surface area (Å²) in [4.78, 5) is 5.16. The summed E-state index contributed by atoms with van der Waals surface area (Å²) in [7, 11) is 0. The molecule has 0 unspecified atom stereocenters. The van der Waals surface area contributed by atoms with E-state index in [0.717, 1.165) is 24.1 Å². The first-order valence-electron chi connectivity index (χ1n) is 9.14. The molecule has 4 nitrogen and oxygen atoms in total. The van der Waals surface area contributed by atoms with Crippen LogP contribution in [0.15, 0.2) is 21.8 Å². The summed E-state index contributed by atoms with van der Waals surface area (Å²) < 4.78 is 26.3. The number of ether oxygens (including phenoxy) is 2. The minimum atomic E-state index is -0.403. The quantitative estimate of drug-likeness (QED) is 0.229. The van der Waals surface area contributed by atoms with Crippen LogP contribution in [0.3, 0.4) is 0 Å². The van der Waals surface area contributed by atoms with Gasteiger partial charge in [-0.05, 0) is 57.2 Å². The van der Waals surface area contributed by atoms with E-state index in [0.29, 0.717) is 37.4 Å². The predicted molar refractivity (Wildman–Crippen MR) is 110 cm³/mol. The van der Waals surface area contributed by atoms with E-state index >= 15 is 0 Å². The van der Waals surface area contributed by atoms with Gasteiger partial charge < -0.3 is 14.3 Å². The molecule has 0 aliphatic rings. The van der Waals surface area contributed by atoms with E-state index in [4.69, 9.17) is 37.5 Å². The zero-order valence-corrected chi connectivity index (χ0v) is 17.9. The highest BCUT2D eigenvalue weighted by Gasteiger charge is 2.18. The molecule has 1 aromatic carbocycles. The van der Waals surface area contributed by atoms with Crippen LogP contribution in [0.1, 0.15) is 51.7 Å². The van der Waals surface area contributed by atoms with Crippen molar-refractivity contribution in [1.82, 2.24) is 0 Å². The van der Waals surface area contributed by atoms with E-state index < -0.39 is 5.82 Å². The highest BCUT2D eigenvalue weighted by atomic mass is 35.5. The Kier molecular flexibility index (Phi) is 11.2. The van der Waals surface area contributed by atoms with Crippen molar-refractivity contribution in [2.24, 2.45) is 5.16 Å². The van der Waals surface area contributed by atoms with Crippen LogP contribution >= 0.6 is 23.2 Å². The predicted octanol–water partition coefficient (Wildman–Crippen LogP) is 6.22. The fraction of sp³-hybridized carbons (Fsp3) is 0.550. The molecule has 0 spiro atoms. The van der Waals surface area contributed by atoms with Gasteiger partial charge in [0.1, 0.15) is 23.5 Å². The molecule has 1 aromatic rings. The third-order valence-corrected chi connectivity index (χ3v) is 4.00. The number of nitrogens with zero attached hydrogens (tertiary/aromatic N) is 1. The smallest absolute Gasteiger partial charge is 0.171 e. The Labute approximate surface area is 171 Å². The SMILES string of the molecule is CCc1cc(OCC=C(Cl)Cl)c(F)c(CC)c1OCCCCON=C(C)C. The molecular formula is C20H28Cl2FNO3. The van der Waals surface area contributed by atoms with Crippen LogP contribution in [0.5, 0.6) is 11.5 Å². The normalized spacial score (nSPS) is 10.3. The van der Waals surface area contributed by atoms with Gasteiger partial charge in [0.2, 0.25) is 0 Å². The maximum atomic E-state index is 14.8. The summed E-state index contributed by atoms with van der Waals surface area (Å²) in [6, 6.07) is 1.68. The summed E-state index contributed by atoms with van der Waals surface area (Å²) in [6.07, 6.45) is 4.29. The number of benzene rings is 1. The van der Waals surface area contributed by atoms with Gasteiger partial charge in [-0.2, -0.15) is 0 Å². The number of unbranched alkanes of at least 4 members (excludes halogenated alkanes) is 1. The van der Waals surface area contributed by atoms with Crippen molar-refractivity contribution in [3.8, 4) is 11.5 Å². The van der Waals surface area contributed by atoms with E-state index in [9.17, 15) is 4.39 Å². The van der Waals surface area contributed by atoms with Crippen molar-refractivity contribution < 1.29 is 18.7 Å². The number of hydrogen-bond donors (Lipinski definition) is 0. The zero-order valence-electron chi connectivity index (χ0n) is 16.4. The lowest BCUT2D eigenvalue weighted by Gasteiger charge is -2.18. The fourth-order valence-corrected chi connectivity index (χ4v) is 2.53. The van der Waals surface area contributed by atoms with Crippen molar-refractivity contribution in [2.75, 3.05) is 19.8 Å². The molecule has 152 valence electrons. The molecule has 0 bridgehead atoms. The molecule has 0 aliphatic carbocycles. The number of rotatable bonds is 12. The van der Waals surface area contributed by atoms with Crippen LogP contribution in [0.4, 0.5) is 4.39 Å². The van der Waals surface area contributed by atoms with Gasteiger partial charge in [-0.15, -0.1) is 0 Å². The van der Waals surface area contributed by atoms with Gasteiger partial charge in [-0.3, -0.25) is 0 Å². The first-order chi connectivity index (χ1) is 12.9. The first kappa shape index (κ1) is 23.6. The molecule has 0 amide bonds. The van der Waals surface area contributed by atoms with Crippen molar-refractivity contribution in [1.29, 1.82) is 0 Å². The summed E-state index contributed by atoms with van der Waals surface area (Å²) in [5.74, 6) is 0.391. The van der Waals surface area contributed by atoms with Crippen LogP contribution in [0, 0.1) is 5.82 Å². The summed E-state index contributed by atoms with van der Waals surface area (Å²) >= 11 is 11.1. The molecule has 0 N–H and O–H groups in total. The highest BCUT2D eigenvalue weighted by molar-refractivity contribution is 6.55. The van der Waals surface area contributed by atoms with E-state index in [2.05, 4.69) is 5.16 Å². The van der Waals surface area contributed by atoms with E-state index in [1.54, 1.807) is 6.07 Å². The highest BCUT2D eigenvalue weighted by Crippen LogP contribution is 2.34. The molecular weight excluding hydrogens is 392 g/mol. The van der Waals surface area contributed by atoms with Crippen LogP contribution in [-0.2, 0) is 17.7 Å². The Hall–Kier alpha value is -1.46.